The van der Waals surface area contributed by atoms with Gasteiger partial charge in [0, 0.05) is 23.3 Å². The van der Waals surface area contributed by atoms with Crippen LogP contribution in [0.4, 0.5) is 0 Å². The summed E-state index contributed by atoms with van der Waals surface area (Å²) in [5.74, 6) is 0.860. The van der Waals surface area contributed by atoms with Gasteiger partial charge in [-0.2, -0.15) is 0 Å². The Morgan fingerprint density at radius 1 is 1.00 bits per heavy atom. The summed E-state index contributed by atoms with van der Waals surface area (Å²) in [6.45, 7) is 3.46. The van der Waals surface area contributed by atoms with E-state index in [1.165, 1.54) is 11.1 Å². The Morgan fingerprint density at radius 2 is 1.90 bits per heavy atom. The molecular weight excluding hydrogens is 408 g/mol. The molecule has 0 saturated heterocycles. The number of hydrogen-bond acceptors (Lipinski definition) is 4. The van der Waals surface area contributed by atoms with Crippen LogP contribution in [0.5, 0.6) is 5.75 Å². The summed E-state index contributed by atoms with van der Waals surface area (Å²) in [5, 5.41) is 8.54. The molecule has 0 fully saturated rings. The van der Waals surface area contributed by atoms with Crippen molar-refractivity contribution in [3.8, 4) is 17.0 Å². The molecule has 2 aromatic carbocycles. The highest BCUT2D eigenvalue weighted by molar-refractivity contribution is 6.30. The van der Waals surface area contributed by atoms with E-state index >= 15 is 0 Å². The maximum absolute atomic E-state index is 6.11. The molecule has 0 radical (unpaired) electrons. The number of hydrogen-bond donors (Lipinski definition) is 0. The zero-order chi connectivity index (χ0) is 21.5. The van der Waals surface area contributed by atoms with Crippen LogP contribution in [0.25, 0.3) is 11.3 Å². The summed E-state index contributed by atoms with van der Waals surface area (Å²) in [6.07, 6.45) is 6.85. The molecule has 5 nitrogen and oxygen atoms in total. The van der Waals surface area contributed by atoms with Gasteiger partial charge in [0.25, 0.3) is 0 Å². The molecule has 158 valence electrons. The topological polar surface area (TPSA) is 52.8 Å². The van der Waals surface area contributed by atoms with E-state index in [0.717, 1.165) is 48.5 Å². The predicted octanol–water partition coefficient (Wildman–Crippen LogP) is 5.90. The Hall–Kier alpha value is -3.18. The monoisotopic (exact) mass is 432 g/mol. The first-order chi connectivity index (χ1) is 15.2. The second-order valence-electron chi connectivity index (χ2n) is 7.52. The van der Waals surface area contributed by atoms with Crippen molar-refractivity contribution in [1.82, 2.24) is 20.0 Å². The normalized spacial score (nSPS) is 10.9. The minimum atomic E-state index is 0.422. The van der Waals surface area contributed by atoms with Crippen molar-refractivity contribution in [1.29, 1.82) is 0 Å². The van der Waals surface area contributed by atoms with E-state index < -0.39 is 0 Å². The van der Waals surface area contributed by atoms with Crippen LogP contribution in [0, 0.1) is 6.92 Å². The maximum Gasteiger partial charge on any atom is 0.130 e. The molecule has 0 amide bonds. The summed E-state index contributed by atoms with van der Waals surface area (Å²) in [4.78, 5) is 4.71. The Labute approximate surface area is 187 Å². The lowest BCUT2D eigenvalue weighted by molar-refractivity contribution is 0.301. The van der Waals surface area contributed by atoms with Crippen molar-refractivity contribution in [2.24, 2.45) is 0 Å². The van der Waals surface area contributed by atoms with E-state index in [0.29, 0.717) is 11.6 Å². The van der Waals surface area contributed by atoms with E-state index in [-0.39, 0.29) is 0 Å². The molecule has 0 bridgehead atoms. The first kappa shape index (κ1) is 21.1. The van der Waals surface area contributed by atoms with Gasteiger partial charge in [-0.05, 0) is 73.7 Å². The van der Waals surface area contributed by atoms with Gasteiger partial charge in [-0.3, -0.25) is 4.68 Å². The van der Waals surface area contributed by atoms with Crippen LogP contribution in [0.15, 0.2) is 73.1 Å². The van der Waals surface area contributed by atoms with Crippen molar-refractivity contribution in [3.05, 3.63) is 94.9 Å². The number of unbranched alkanes of at least 4 members (excludes halogenated alkanes) is 1. The van der Waals surface area contributed by atoms with E-state index in [4.69, 9.17) is 21.3 Å². The summed E-state index contributed by atoms with van der Waals surface area (Å²) in [7, 11) is 0. The lowest BCUT2D eigenvalue weighted by Crippen LogP contribution is -2.01. The number of pyridine rings is 1. The third-order valence-corrected chi connectivity index (χ3v) is 5.42. The second kappa shape index (κ2) is 10.2. The molecule has 31 heavy (non-hydrogen) atoms. The van der Waals surface area contributed by atoms with Crippen LogP contribution < -0.4 is 4.74 Å². The Bertz CT molecular complexity index is 1130. The van der Waals surface area contributed by atoms with Gasteiger partial charge in [0.2, 0.25) is 0 Å². The standard InChI is InChI=1S/C25H25ClN4O/c1-19-16-24(12-11-20(19)6-2-3-14-30-15-13-27-29-30)31-18-23-9-5-10-25(28-23)21-7-4-8-22(26)17-21/h4-5,7-13,15-17H,2-3,6,14,18H2,1H3. The van der Waals surface area contributed by atoms with Gasteiger partial charge in [0.1, 0.15) is 12.4 Å². The van der Waals surface area contributed by atoms with Gasteiger partial charge in [-0.25, -0.2) is 4.98 Å². The van der Waals surface area contributed by atoms with Crippen LogP contribution in [0.3, 0.4) is 0 Å². The van der Waals surface area contributed by atoms with E-state index in [1.54, 1.807) is 6.20 Å². The van der Waals surface area contributed by atoms with Crippen molar-refractivity contribution in [3.63, 3.8) is 0 Å². The minimum Gasteiger partial charge on any atom is -0.487 e. The summed E-state index contributed by atoms with van der Waals surface area (Å²) in [5.41, 5.74) is 5.37. The third-order valence-electron chi connectivity index (χ3n) is 5.18. The Balaban J connectivity index is 1.31. The Morgan fingerprint density at radius 3 is 2.71 bits per heavy atom. The zero-order valence-electron chi connectivity index (χ0n) is 17.5. The lowest BCUT2D eigenvalue weighted by Gasteiger charge is -2.11. The molecule has 0 aliphatic carbocycles. The smallest absolute Gasteiger partial charge is 0.130 e. The van der Waals surface area contributed by atoms with Crippen molar-refractivity contribution in [2.45, 2.75) is 39.3 Å². The second-order valence-corrected chi connectivity index (χ2v) is 7.96. The molecule has 0 aliphatic heterocycles. The van der Waals surface area contributed by atoms with Gasteiger partial charge in [0.05, 0.1) is 17.6 Å². The molecule has 0 aliphatic rings. The van der Waals surface area contributed by atoms with Crippen LogP contribution in [0.1, 0.15) is 29.7 Å². The maximum atomic E-state index is 6.11. The first-order valence-corrected chi connectivity index (χ1v) is 10.8. The number of halogens is 1. The molecule has 0 spiro atoms. The van der Waals surface area contributed by atoms with Crippen molar-refractivity contribution in [2.75, 3.05) is 0 Å². The fraction of sp³-hybridized carbons (Fsp3) is 0.240. The average molecular weight is 433 g/mol. The van der Waals surface area contributed by atoms with E-state index in [9.17, 15) is 0 Å². The third kappa shape index (κ3) is 5.92. The van der Waals surface area contributed by atoms with Gasteiger partial charge < -0.3 is 4.74 Å². The van der Waals surface area contributed by atoms with Crippen molar-refractivity contribution >= 4 is 11.6 Å². The SMILES string of the molecule is Cc1cc(OCc2cccc(-c3cccc(Cl)c3)n2)ccc1CCCCn1ccnn1. The fourth-order valence-corrected chi connectivity index (χ4v) is 3.70. The molecule has 0 unspecified atom stereocenters. The molecule has 4 aromatic rings. The largest absolute Gasteiger partial charge is 0.487 e. The van der Waals surface area contributed by atoms with Crippen molar-refractivity contribution < 1.29 is 4.74 Å². The van der Waals surface area contributed by atoms with Gasteiger partial charge in [-0.15, -0.1) is 5.10 Å². The highest BCUT2D eigenvalue weighted by Crippen LogP contribution is 2.23. The molecule has 0 N–H and O–H groups in total. The lowest BCUT2D eigenvalue weighted by atomic mass is 10.0. The number of nitrogens with zero attached hydrogens (tertiary/aromatic N) is 4. The Kier molecular flexibility index (Phi) is 6.95. The molecule has 4 rings (SSSR count). The predicted molar refractivity (Wildman–Crippen MR) is 123 cm³/mol. The van der Waals surface area contributed by atoms with Gasteiger partial charge in [0.15, 0.2) is 0 Å². The summed E-state index contributed by atoms with van der Waals surface area (Å²) in [6, 6.07) is 20.0. The first-order valence-electron chi connectivity index (χ1n) is 10.5. The minimum absolute atomic E-state index is 0.422. The fourth-order valence-electron chi connectivity index (χ4n) is 3.51. The number of benzene rings is 2. The number of aromatic nitrogens is 4. The summed E-state index contributed by atoms with van der Waals surface area (Å²) < 4.78 is 7.88. The van der Waals surface area contributed by atoms with Gasteiger partial charge in [-0.1, -0.05) is 41.1 Å². The molecule has 0 atom stereocenters. The quantitative estimate of drug-likeness (QED) is 0.309. The zero-order valence-corrected chi connectivity index (χ0v) is 18.3. The summed E-state index contributed by atoms with van der Waals surface area (Å²) >= 11 is 6.11. The van der Waals surface area contributed by atoms with E-state index in [2.05, 4.69) is 29.4 Å². The number of aryl methyl sites for hydroxylation is 3. The van der Waals surface area contributed by atoms with Crippen LogP contribution >= 0.6 is 11.6 Å². The molecule has 6 heteroatoms. The number of rotatable bonds is 9. The van der Waals surface area contributed by atoms with E-state index in [1.807, 2.05) is 59.4 Å². The molecule has 0 saturated carbocycles. The highest BCUT2D eigenvalue weighted by Gasteiger charge is 2.05. The number of ether oxygens (including phenoxy) is 1. The highest BCUT2D eigenvalue weighted by atomic mass is 35.5. The van der Waals surface area contributed by atoms with Gasteiger partial charge >= 0.3 is 0 Å². The molecular formula is C25H25ClN4O. The average Bonchev–Trinajstić information content (AvgIpc) is 3.30. The van der Waals surface area contributed by atoms with Crippen LogP contribution in [-0.2, 0) is 19.6 Å². The molecule has 2 heterocycles. The van der Waals surface area contributed by atoms with Crippen LogP contribution in [-0.4, -0.2) is 20.0 Å². The molecule has 2 aromatic heterocycles. The van der Waals surface area contributed by atoms with Crippen LogP contribution in [0.2, 0.25) is 5.02 Å².